The average molecular weight is 532 g/mol. The van der Waals surface area contributed by atoms with Gasteiger partial charge in [0.15, 0.2) is 4.80 Å². The molecule has 0 spiro atoms. The van der Waals surface area contributed by atoms with Crippen molar-refractivity contribution in [2.24, 2.45) is 4.99 Å². The van der Waals surface area contributed by atoms with Gasteiger partial charge in [0.05, 0.1) is 23.3 Å². The van der Waals surface area contributed by atoms with E-state index in [-0.39, 0.29) is 23.0 Å². The molecule has 1 saturated heterocycles. The molecular weight excluding hydrogens is 502 g/mol. The maximum absolute atomic E-state index is 13.1. The molecule has 1 amide bonds. The van der Waals surface area contributed by atoms with Crippen molar-refractivity contribution < 1.29 is 27.5 Å². The number of benzene rings is 2. The maximum Gasteiger partial charge on any atom is 0.325 e. The van der Waals surface area contributed by atoms with Crippen LogP contribution in [0.1, 0.15) is 43.5 Å². The van der Waals surface area contributed by atoms with Crippen molar-refractivity contribution in [2.45, 2.75) is 50.6 Å². The van der Waals surface area contributed by atoms with Gasteiger partial charge >= 0.3 is 5.97 Å². The predicted molar refractivity (Wildman–Crippen MR) is 137 cm³/mol. The molecule has 3 aromatic rings. The Morgan fingerprint density at radius 1 is 1.14 bits per heavy atom. The molecule has 2 heterocycles. The maximum atomic E-state index is 13.1. The fraction of sp³-hybridized carbons (Fsp3) is 0.400. The van der Waals surface area contributed by atoms with E-state index >= 15 is 0 Å². The van der Waals surface area contributed by atoms with Crippen LogP contribution in [0.4, 0.5) is 0 Å². The fourth-order valence-electron chi connectivity index (χ4n) is 4.28. The van der Waals surface area contributed by atoms with Gasteiger partial charge in [-0.25, -0.2) is 8.42 Å². The normalized spacial score (nSPS) is 17.3. The molecule has 1 fully saturated rings. The summed E-state index contributed by atoms with van der Waals surface area (Å²) in [6.45, 7) is 4.57. The van der Waals surface area contributed by atoms with Gasteiger partial charge in [0.2, 0.25) is 10.0 Å². The van der Waals surface area contributed by atoms with E-state index in [1.807, 2.05) is 26.0 Å². The Kier molecular flexibility index (Phi) is 7.91. The number of hydrogen-bond donors (Lipinski definition) is 0. The van der Waals surface area contributed by atoms with Gasteiger partial charge in [-0.2, -0.15) is 9.30 Å². The highest BCUT2D eigenvalue weighted by Crippen LogP contribution is 2.28. The number of para-hydroxylation sites is 1. The van der Waals surface area contributed by atoms with Gasteiger partial charge in [0.1, 0.15) is 17.8 Å². The molecule has 0 N–H and O–H groups in total. The zero-order valence-electron chi connectivity index (χ0n) is 20.5. The van der Waals surface area contributed by atoms with Crippen LogP contribution >= 0.6 is 11.3 Å². The smallest absolute Gasteiger partial charge is 0.325 e. The van der Waals surface area contributed by atoms with E-state index in [2.05, 4.69) is 4.99 Å². The molecule has 2 aromatic carbocycles. The number of nitrogens with zero attached hydrogens (tertiary/aromatic N) is 3. The van der Waals surface area contributed by atoms with Gasteiger partial charge in [-0.1, -0.05) is 23.8 Å². The van der Waals surface area contributed by atoms with Crippen molar-refractivity contribution >= 4 is 43.5 Å². The summed E-state index contributed by atoms with van der Waals surface area (Å²) in [6.07, 6.45) is 2.69. The number of aromatic nitrogens is 1. The first-order valence-corrected chi connectivity index (χ1v) is 14.0. The van der Waals surface area contributed by atoms with Gasteiger partial charge in [-0.05, 0) is 63.1 Å². The molecule has 1 aliphatic rings. The lowest BCUT2D eigenvalue weighted by Crippen LogP contribution is -2.41. The van der Waals surface area contributed by atoms with Crippen molar-refractivity contribution in [2.75, 3.05) is 20.3 Å². The van der Waals surface area contributed by atoms with E-state index in [9.17, 15) is 18.0 Å². The SMILES string of the molecule is CCOc1cccc2sc(=NC(=O)c3ccc(S(=O)(=O)N4CCCCC4C)cc3)n(CC(=O)OC)c12. The van der Waals surface area contributed by atoms with Gasteiger partial charge in [0.25, 0.3) is 5.91 Å². The van der Waals surface area contributed by atoms with E-state index in [0.29, 0.717) is 29.2 Å². The predicted octanol–water partition coefficient (Wildman–Crippen LogP) is 3.58. The average Bonchev–Trinajstić information content (AvgIpc) is 3.21. The Balaban J connectivity index is 1.70. The van der Waals surface area contributed by atoms with Gasteiger partial charge in [-0.15, -0.1) is 0 Å². The highest BCUT2D eigenvalue weighted by Gasteiger charge is 2.31. The molecule has 11 heteroatoms. The summed E-state index contributed by atoms with van der Waals surface area (Å²) in [5.74, 6) is -0.463. The molecule has 0 saturated carbocycles. The molecule has 1 atom stereocenters. The summed E-state index contributed by atoms with van der Waals surface area (Å²) in [6, 6.07) is 11.3. The number of sulfonamides is 1. The van der Waals surface area contributed by atoms with Crippen molar-refractivity contribution in [3.8, 4) is 5.75 Å². The van der Waals surface area contributed by atoms with E-state index in [1.54, 1.807) is 10.6 Å². The lowest BCUT2D eigenvalue weighted by atomic mass is 10.1. The first-order valence-electron chi connectivity index (χ1n) is 11.8. The number of methoxy groups -OCH3 is 1. The summed E-state index contributed by atoms with van der Waals surface area (Å²) < 4.78 is 40.7. The van der Waals surface area contributed by atoms with Crippen LogP contribution in [0, 0.1) is 0 Å². The Morgan fingerprint density at radius 3 is 2.56 bits per heavy atom. The molecule has 1 unspecified atom stereocenters. The summed E-state index contributed by atoms with van der Waals surface area (Å²) >= 11 is 1.25. The fourth-order valence-corrected chi connectivity index (χ4v) is 7.03. The number of esters is 1. The van der Waals surface area contributed by atoms with Crippen LogP contribution in [0.5, 0.6) is 5.75 Å². The molecule has 1 aliphatic heterocycles. The van der Waals surface area contributed by atoms with Crippen molar-refractivity contribution in [3.05, 3.63) is 52.8 Å². The highest BCUT2D eigenvalue weighted by molar-refractivity contribution is 7.89. The molecule has 0 aliphatic carbocycles. The lowest BCUT2D eigenvalue weighted by molar-refractivity contribution is -0.141. The van der Waals surface area contributed by atoms with E-state index in [1.165, 1.54) is 47.0 Å². The minimum Gasteiger partial charge on any atom is -0.492 e. The quantitative estimate of drug-likeness (QED) is 0.432. The van der Waals surface area contributed by atoms with Crippen LogP contribution in [-0.2, 0) is 26.1 Å². The topological polar surface area (TPSA) is 107 Å². The second-order valence-corrected chi connectivity index (χ2v) is 11.4. The number of ether oxygens (including phenoxy) is 2. The zero-order chi connectivity index (χ0) is 25.9. The molecule has 9 nitrogen and oxygen atoms in total. The molecule has 1 aromatic heterocycles. The van der Waals surface area contributed by atoms with Crippen LogP contribution in [0.15, 0.2) is 52.4 Å². The molecular formula is C25H29N3O6S2. The summed E-state index contributed by atoms with van der Waals surface area (Å²) in [7, 11) is -2.34. The third-order valence-electron chi connectivity index (χ3n) is 6.13. The number of carbonyl (C=O) groups excluding carboxylic acids is 2. The van der Waals surface area contributed by atoms with Crippen molar-refractivity contribution in [1.29, 1.82) is 0 Å². The largest absolute Gasteiger partial charge is 0.492 e. The standard InChI is InChI=1S/C25H29N3O6S2/c1-4-34-20-9-7-10-21-23(20)27(16-22(29)33-3)25(35-21)26-24(30)18-11-13-19(14-12-18)36(31,32)28-15-6-5-8-17(28)2/h7,9-14,17H,4-6,8,15-16H2,1-3H3. The first-order chi connectivity index (χ1) is 17.3. The lowest BCUT2D eigenvalue weighted by Gasteiger charge is -2.32. The van der Waals surface area contributed by atoms with Gasteiger partial charge in [-0.3, -0.25) is 9.59 Å². The zero-order valence-corrected chi connectivity index (χ0v) is 22.1. The second-order valence-electron chi connectivity index (χ2n) is 8.48. The molecule has 0 bridgehead atoms. The first kappa shape index (κ1) is 26.1. The minimum atomic E-state index is -3.64. The van der Waals surface area contributed by atoms with E-state index in [4.69, 9.17) is 9.47 Å². The van der Waals surface area contributed by atoms with E-state index < -0.39 is 21.9 Å². The Hall–Kier alpha value is -3.02. The number of rotatable bonds is 7. The Bertz CT molecular complexity index is 1440. The Morgan fingerprint density at radius 2 is 1.89 bits per heavy atom. The molecule has 36 heavy (non-hydrogen) atoms. The van der Waals surface area contributed by atoms with Crippen LogP contribution in [0.25, 0.3) is 10.2 Å². The number of piperidine rings is 1. The van der Waals surface area contributed by atoms with Crippen LogP contribution in [0.2, 0.25) is 0 Å². The third kappa shape index (κ3) is 5.23. The molecule has 192 valence electrons. The number of amides is 1. The van der Waals surface area contributed by atoms with Crippen molar-refractivity contribution in [3.63, 3.8) is 0 Å². The third-order valence-corrected chi connectivity index (χ3v) is 9.20. The van der Waals surface area contributed by atoms with Crippen LogP contribution in [-0.4, -0.2) is 55.5 Å². The van der Waals surface area contributed by atoms with E-state index in [0.717, 1.165) is 24.0 Å². The second kappa shape index (κ2) is 10.9. The minimum absolute atomic E-state index is 0.0557. The number of hydrogen-bond acceptors (Lipinski definition) is 7. The summed E-state index contributed by atoms with van der Waals surface area (Å²) in [5.41, 5.74) is 0.895. The van der Waals surface area contributed by atoms with Crippen LogP contribution in [0.3, 0.4) is 0 Å². The molecule has 0 radical (unpaired) electrons. The van der Waals surface area contributed by atoms with Gasteiger partial charge in [0, 0.05) is 18.2 Å². The molecule has 4 rings (SSSR count). The summed E-state index contributed by atoms with van der Waals surface area (Å²) in [5, 5.41) is 0. The summed E-state index contributed by atoms with van der Waals surface area (Å²) in [4.78, 5) is 29.9. The monoisotopic (exact) mass is 531 g/mol. The number of fused-ring (bicyclic) bond motifs is 1. The van der Waals surface area contributed by atoms with Crippen LogP contribution < -0.4 is 9.54 Å². The number of carbonyl (C=O) groups is 2. The Labute approximate surface area is 214 Å². The van der Waals surface area contributed by atoms with Gasteiger partial charge < -0.3 is 14.0 Å². The number of thiazole rings is 1. The van der Waals surface area contributed by atoms with Crippen molar-refractivity contribution in [1.82, 2.24) is 8.87 Å². The highest BCUT2D eigenvalue weighted by atomic mass is 32.2.